The molecular weight excluding hydrogens is 178 g/mol. The van der Waals surface area contributed by atoms with Crippen LogP contribution in [0.5, 0.6) is 0 Å². The van der Waals surface area contributed by atoms with Crippen molar-refractivity contribution in [2.75, 3.05) is 26.2 Å². The maximum Gasteiger partial charge on any atom is 0.227 e. The van der Waals surface area contributed by atoms with Gasteiger partial charge >= 0.3 is 0 Å². The minimum Gasteiger partial charge on any atom is -0.341 e. The minimum atomic E-state index is 0.196. The van der Waals surface area contributed by atoms with E-state index < -0.39 is 0 Å². The number of nitrogens with two attached hydrogens (primary N) is 1. The summed E-state index contributed by atoms with van der Waals surface area (Å²) in [6.45, 7) is 3.50. The molecule has 0 aromatic rings. The van der Waals surface area contributed by atoms with Crippen molar-refractivity contribution >= 4 is 5.91 Å². The number of likely N-dealkylation sites (tertiary alicyclic amines) is 1. The van der Waals surface area contributed by atoms with E-state index in [0.29, 0.717) is 5.91 Å². The molecule has 80 valence electrons. The Morgan fingerprint density at radius 3 is 2.93 bits per heavy atom. The van der Waals surface area contributed by atoms with Crippen LogP contribution in [0.15, 0.2) is 0 Å². The van der Waals surface area contributed by atoms with Crippen molar-refractivity contribution in [2.45, 2.75) is 25.3 Å². The first-order chi connectivity index (χ1) is 6.77. The summed E-state index contributed by atoms with van der Waals surface area (Å²) in [6, 6.07) is 0.196. The lowest BCUT2D eigenvalue weighted by molar-refractivity contribution is -0.136. The summed E-state index contributed by atoms with van der Waals surface area (Å²) < 4.78 is 0. The standard InChI is InChI=1S/C10H19N3O/c11-9-2-1-5-13(7-9)10(14)8-3-4-12-6-8/h8-9,12H,1-7,11H2. The predicted molar refractivity (Wildman–Crippen MR) is 54.8 cm³/mol. The third-order valence-electron chi connectivity index (χ3n) is 3.18. The van der Waals surface area contributed by atoms with E-state index in [4.69, 9.17) is 5.73 Å². The zero-order chi connectivity index (χ0) is 9.97. The highest BCUT2D eigenvalue weighted by Crippen LogP contribution is 2.15. The first kappa shape index (κ1) is 9.93. The van der Waals surface area contributed by atoms with Crippen molar-refractivity contribution in [1.29, 1.82) is 0 Å². The Kier molecular flexibility index (Phi) is 3.03. The van der Waals surface area contributed by atoms with E-state index in [0.717, 1.165) is 45.4 Å². The predicted octanol–water partition coefficient (Wildman–Crippen LogP) is -0.454. The third-order valence-corrected chi connectivity index (χ3v) is 3.18. The Morgan fingerprint density at radius 2 is 2.29 bits per heavy atom. The summed E-state index contributed by atoms with van der Waals surface area (Å²) in [4.78, 5) is 13.9. The van der Waals surface area contributed by atoms with Gasteiger partial charge in [-0.05, 0) is 25.8 Å². The molecule has 0 bridgehead atoms. The summed E-state index contributed by atoms with van der Waals surface area (Å²) in [5.74, 6) is 0.519. The highest BCUT2D eigenvalue weighted by Gasteiger charge is 2.29. The molecule has 0 saturated carbocycles. The number of amides is 1. The minimum absolute atomic E-state index is 0.196. The van der Waals surface area contributed by atoms with E-state index in [-0.39, 0.29) is 12.0 Å². The molecular formula is C10H19N3O. The molecule has 2 unspecified atom stereocenters. The van der Waals surface area contributed by atoms with Gasteiger partial charge in [0, 0.05) is 25.7 Å². The average Bonchev–Trinajstić information content (AvgIpc) is 2.69. The average molecular weight is 197 g/mol. The smallest absolute Gasteiger partial charge is 0.227 e. The SMILES string of the molecule is NC1CCCN(C(=O)C2CCNC2)C1. The zero-order valence-corrected chi connectivity index (χ0v) is 8.54. The first-order valence-electron chi connectivity index (χ1n) is 5.52. The molecule has 2 fully saturated rings. The molecule has 0 radical (unpaired) electrons. The van der Waals surface area contributed by atoms with Crippen LogP contribution in [-0.2, 0) is 4.79 Å². The van der Waals surface area contributed by atoms with Crippen LogP contribution in [0.25, 0.3) is 0 Å². The fourth-order valence-corrected chi connectivity index (χ4v) is 2.33. The molecule has 0 aliphatic carbocycles. The summed E-state index contributed by atoms with van der Waals surface area (Å²) in [7, 11) is 0. The van der Waals surface area contributed by atoms with Gasteiger partial charge in [-0.15, -0.1) is 0 Å². The Labute approximate surface area is 84.8 Å². The highest BCUT2D eigenvalue weighted by atomic mass is 16.2. The monoisotopic (exact) mass is 197 g/mol. The van der Waals surface area contributed by atoms with Crippen LogP contribution in [0, 0.1) is 5.92 Å². The third kappa shape index (κ3) is 2.07. The molecule has 1 amide bonds. The van der Waals surface area contributed by atoms with Gasteiger partial charge in [0.05, 0.1) is 5.92 Å². The summed E-state index contributed by atoms with van der Waals surface area (Å²) >= 11 is 0. The van der Waals surface area contributed by atoms with Crippen LogP contribution in [-0.4, -0.2) is 43.0 Å². The molecule has 3 N–H and O–H groups in total. The Balaban J connectivity index is 1.89. The van der Waals surface area contributed by atoms with Crippen molar-refractivity contribution in [3.8, 4) is 0 Å². The van der Waals surface area contributed by atoms with Gasteiger partial charge in [0.1, 0.15) is 0 Å². The molecule has 2 rings (SSSR count). The molecule has 4 heteroatoms. The van der Waals surface area contributed by atoms with Gasteiger partial charge in [0.2, 0.25) is 5.91 Å². The van der Waals surface area contributed by atoms with Gasteiger partial charge in [0.15, 0.2) is 0 Å². The number of piperidine rings is 1. The van der Waals surface area contributed by atoms with Crippen molar-refractivity contribution in [1.82, 2.24) is 10.2 Å². The van der Waals surface area contributed by atoms with Gasteiger partial charge in [-0.3, -0.25) is 4.79 Å². The largest absolute Gasteiger partial charge is 0.341 e. The lowest BCUT2D eigenvalue weighted by Gasteiger charge is -2.32. The molecule has 2 heterocycles. The number of carbonyl (C=O) groups excluding carboxylic acids is 1. The lowest BCUT2D eigenvalue weighted by Crippen LogP contribution is -2.48. The van der Waals surface area contributed by atoms with Crippen LogP contribution in [0.1, 0.15) is 19.3 Å². The second kappa shape index (κ2) is 4.28. The Bertz CT molecular complexity index is 213. The van der Waals surface area contributed by atoms with Crippen molar-refractivity contribution in [3.05, 3.63) is 0 Å². The van der Waals surface area contributed by atoms with Crippen LogP contribution in [0.3, 0.4) is 0 Å². The lowest BCUT2D eigenvalue weighted by atomic mass is 10.0. The fourth-order valence-electron chi connectivity index (χ4n) is 2.33. The van der Waals surface area contributed by atoms with Crippen LogP contribution < -0.4 is 11.1 Å². The van der Waals surface area contributed by atoms with E-state index in [2.05, 4.69) is 5.32 Å². The molecule has 2 saturated heterocycles. The normalized spacial score (nSPS) is 33.4. The second-order valence-corrected chi connectivity index (χ2v) is 4.38. The number of rotatable bonds is 1. The topological polar surface area (TPSA) is 58.4 Å². The van der Waals surface area contributed by atoms with Crippen molar-refractivity contribution in [3.63, 3.8) is 0 Å². The fraction of sp³-hybridized carbons (Fsp3) is 0.900. The van der Waals surface area contributed by atoms with Crippen molar-refractivity contribution in [2.24, 2.45) is 11.7 Å². The number of nitrogens with zero attached hydrogens (tertiary/aromatic N) is 1. The number of hydrogen-bond acceptors (Lipinski definition) is 3. The van der Waals surface area contributed by atoms with Gasteiger partial charge < -0.3 is 16.0 Å². The van der Waals surface area contributed by atoms with E-state index in [9.17, 15) is 4.79 Å². The van der Waals surface area contributed by atoms with Gasteiger partial charge in [-0.2, -0.15) is 0 Å². The van der Waals surface area contributed by atoms with E-state index in [1.807, 2.05) is 4.90 Å². The molecule has 4 nitrogen and oxygen atoms in total. The van der Waals surface area contributed by atoms with E-state index in [1.54, 1.807) is 0 Å². The van der Waals surface area contributed by atoms with Crippen molar-refractivity contribution < 1.29 is 4.79 Å². The summed E-state index contributed by atoms with van der Waals surface area (Å²) in [6.07, 6.45) is 3.12. The number of carbonyl (C=O) groups is 1. The maximum atomic E-state index is 12.0. The quantitative estimate of drug-likeness (QED) is 0.598. The van der Waals surface area contributed by atoms with Crippen LogP contribution in [0.2, 0.25) is 0 Å². The van der Waals surface area contributed by atoms with Gasteiger partial charge in [0.25, 0.3) is 0 Å². The highest BCUT2D eigenvalue weighted by molar-refractivity contribution is 5.79. The molecule has 2 aliphatic rings. The van der Waals surface area contributed by atoms with Gasteiger partial charge in [-0.1, -0.05) is 0 Å². The zero-order valence-electron chi connectivity index (χ0n) is 8.54. The molecule has 14 heavy (non-hydrogen) atoms. The Hall–Kier alpha value is -0.610. The maximum absolute atomic E-state index is 12.0. The molecule has 2 atom stereocenters. The van der Waals surface area contributed by atoms with Crippen LogP contribution in [0.4, 0.5) is 0 Å². The van der Waals surface area contributed by atoms with E-state index >= 15 is 0 Å². The van der Waals surface area contributed by atoms with Crippen LogP contribution >= 0.6 is 0 Å². The van der Waals surface area contributed by atoms with E-state index in [1.165, 1.54) is 0 Å². The summed E-state index contributed by atoms with van der Waals surface area (Å²) in [5, 5.41) is 3.22. The molecule has 2 aliphatic heterocycles. The molecule has 0 spiro atoms. The summed E-state index contributed by atoms with van der Waals surface area (Å²) in [5.41, 5.74) is 5.85. The number of nitrogens with one attached hydrogen (secondary N) is 1. The Morgan fingerprint density at radius 1 is 1.43 bits per heavy atom. The van der Waals surface area contributed by atoms with Gasteiger partial charge in [-0.25, -0.2) is 0 Å². The molecule has 0 aromatic heterocycles. The second-order valence-electron chi connectivity index (χ2n) is 4.38. The first-order valence-corrected chi connectivity index (χ1v) is 5.52. The molecule has 0 aromatic carbocycles. The number of hydrogen-bond donors (Lipinski definition) is 2.